The molecule has 0 fully saturated rings. The van der Waals surface area contributed by atoms with Crippen molar-refractivity contribution in [3.63, 3.8) is 0 Å². The first-order chi connectivity index (χ1) is 12.5. The van der Waals surface area contributed by atoms with Crippen molar-refractivity contribution in [1.29, 1.82) is 0 Å². The number of hydrogen-bond donors (Lipinski definition) is 1. The number of rotatable bonds is 7. The van der Waals surface area contributed by atoms with Gasteiger partial charge >= 0.3 is 0 Å². The van der Waals surface area contributed by atoms with E-state index in [1.54, 1.807) is 11.0 Å². The topological polar surface area (TPSA) is 52.7 Å². The molecule has 0 saturated carbocycles. The lowest BCUT2D eigenvalue weighted by atomic mass is 10.1. The van der Waals surface area contributed by atoms with Gasteiger partial charge in [-0.25, -0.2) is 0 Å². The van der Waals surface area contributed by atoms with Gasteiger partial charge in [-0.05, 0) is 37.6 Å². The van der Waals surface area contributed by atoms with Crippen LogP contribution in [0.4, 0.5) is 11.4 Å². The number of nitrogens with zero attached hydrogens (tertiary/aromatic N) is 2. The van der Waals surface area contributed by atoms with Gasteiger partial charge in [0.05, 0.1) is 12.0 Å². The molecule has 0 aliphatic carbocycles. The quantitative estimate of drug-likeness (QED) is 0.830. The van der Waals surface area contributed by atoms with Crippen LogP contribution in [0.2, 0.25) is 0 Å². The van der Waals surface area contributed by atoms with Crippen LogP contribution in [0, 0.1) is 0 Å². The molecule has 2 amide bonds. The van der Waals surface area contributed by atoms with Crippen molar-refractivity contribution in [3.05, 3.63) is 59.7 Å². The highest BCUT2D eigenvalue weighted by Crippen LogP contribution is 2.24. The lowest BCUT2D eigenvalue weighted by Gasteiger charge is -2.23. The number of hydrogen-bond acceptors (Lipinski definition) is 3. The van der Waals surface area contributed by atoms with Crippen LogP contribution < -0.4 is 10.2 Å². The molecule has 0 unspecified atom stereocenters. The molecule has 0 aromatic heterocycles. The van der Waals surface area contributed by atoms with Crippen molar-refractivity contribution in [2.24, 2.45) is 0 Å². The SMILES string of the molecule is CCN(CC)C(=O)c1cc(NC(=O)Cc2ccccc2)ccc1N(C)C. The maximum absolute atomic E-state index is 12.8. The summed E-state index contributed by atoms with van der Waals surface area (Å²) in [5.41, 5.74) is 3.01. The van der Waals surface area contributed by atoms with Crippen molar-refractivity contribution in [1.82, 2.24) is 4.90 Å². The maximum Gasteiger partial charge on any atom is 0.256 e. The van der Waals surface area contributed by atoms with Gasteiger partial charge in [0, 0.05) is 38.6 Å². The Hall–Kier alpha value is -2.82. The van der Waals surface area contributed by atoms with Crippen LogP contribution in [-0.2, 0) is 11.2 Å². The second-order valence-electron chi connectivity index (χ2n) is 6.31. The van der Waals surface area contributed by atoms with E-state index in [1.807, 2.05) is 75.3 Å². The minimum absolute atomic E-state index is 0.0298. The Morgan fingerprint density at radius 1 is 0.962 bits per heavy atom. The number of carbonyl (C=O) groups is 2. The summed E-state index contributed by atoms with van der Waals surface area (Å²) in [6.07, 6.45) is 0.301. The predicted molar refractivity (Wildman–Crippen MR) is 107 cm³/mol. The monoisotopic (exact) mass is 353 g/mol. The molecule has 5 heteroatoms. The summed E-state index contributed by atoms with van der Waals surface area (Å²) in [5.74, 6) is -0.132. The molecule has 138 valence electrons. The summed E-state index contributed by atoms with van der Waals surface area (Å²) in [4.78, 5) is 28.8. The number of nitrogens with one attached hydrogen (secondary N) is 1. The van der Waals surface area contributed by atoms with Gasteiger partial charge in [-0.15, -0.1) is 0 Å². The zero-order valence-electron chi connectivity index (χ0n) is 16.0. The Morgan fingerprint density at radius 2 is 1.62 bits per heavy atom. The molecule has 0 spiro atoms. The van der Waals surface area contributed by atoms with Crippen LogP contribution in [-0.4, -0.2) is 43.9 Å². The Labute approximate surface area is 155 Å². The van der Waals surface area contributed by atoms with Crippen molar-refractivity contribution < 1.29 is 9.59 Å². The standard InChI is InChI=1S/C21H27N3O2/c1-5-24(6-2)21(26)18-15-17(12-13-19(18)23(3)4)22-20(25)14-16-10-8-7-9-11-16/h7-13,15H,5-6,14H2,1-4H3,(H,22,25). The van der Waals surface area contributed by atoms with Gasteiger partial charge in [-0.1, -0.05) is 30.3 Å². The number of benzene rings is 2. The Balaban J connectivity index is 2.23. The summed E-state index contributed by atoms with van der Waals surface area (Å²) in [7, 11) is 3.81. The third-order valence-electron chi connectivity index (χ3n) is 4.25. The van der Waals surface area contributed by atoms with E-state index in [1.165, 1.54) is 0 Å². The van der Waals surface area contributed by atoms with E-state index in [0.29, 0.717) is 30.8 Å². The van der Waals surface area contributed by atoms with E-state index < -0.39 is 0 Å². The number of amides is 2. The third kappa shape index (κ3) is 4.85. The lowest BCUT2D eigenvalue weighted by Crippen LogP contribution is -2.31. The average molecular weight is 353 g/mol. The van der Waals surface area contributed by atoms with Gasteiger partial charge < -0.3 is 15.1 Å². The highest BCUT2D eigenvalue weighted by Gasteiger charge is 2.19. The minimum atomic E-state index is -0.102. The molecule has 2 aromatic rings. The Bertz CT molecular complexity index is 753. The van der Waals surface area contributed by atoms with Crippen molar-refractivity contribution >= 4 is 23.2 Å². The second-order valence-corrected chi connectivity index (χ2v) is 6.31. The van der Waals surface area contributed by atoms with E-state index in [9.17, 15) is 9.59 Å². The highest BCUT2D eigenvalue weighted by atomic mass is 16.2. The molecular formula is C21H27N3O2. The Morgan fingerprint density at radius 3 is 2.19 bits per heavy atom. The molecule has 0 aliphatic heterocycles. The first kappa shape index (κ1) is 19.5. The molecule has 2 aromatic carbocycles. The van der Waals surface area contributed by atoms with Gasteiger partial charge in [-0.2, -0.15) is 0 Å². The zero-order chi connectivity index (χ0) is 19.1. The fourth-order valence-corrected chi connectivity index (χ4v) is 2.84. The summed E-state index contributed by atoms with van der Waals surface area (Å²) >= 11 is 0. The van der Waals surface area contributed by atoms with Crippen LogP contribution in [0.15, 0.2) is 48.5 Å². The van der Waals surface area contributed by atoms with Crippen molar-refractivity contribution in [2.45, 2.75) is 20.3 Å². The van der Waals surface area contributed by atoms with Crippen LogP contribution in [0.25, 0.3) is 0 Å². The summed E-state index contributed by atoms with van der Waals surface area (Å²) < 4.78 is 0. The highest BCUT2D eigenvalue weighted by molar-refractivity contribution is 6.02. The van der Waals surface area contributed by atoms with Gasteiger partial charge in [0.15, 0.2) is 0 Å². The maximum atomic E-state index is 12.8. The fraction of sp³-hybridized carbons (Fsp3) is 0.333. The molecule has 2 rings (SSSR count). The number of anilines is 2. The van der Waals surface area contributed by atoms with Crippen LogP contribution in [0.3, 0.4) is 0 Å². The van der Waals surface area contributed by atoms with Crippen LogP contribution in [0.5, 0.6) is 0 Å². The molecule has 0 bridgehead atoms. The molecule has 0 saturated heterocycles. The van der Waals surface area contributed by atoms with Gasteiger partial charge in [0.25, 0.3) is 5.91 Å². The van der Waals surface area contributed by atoms with Crippen molar-refractivity contribution in [3.8, 4) is 0 Å². The second kappa shape index (κ2) is 9.04. The smallest absolute Gasteiger partial charge is 0.256 e. The minimum Gasteiger partial charge on any atom is -0.377 e. The van der Waals surface area contributed by atoms with E-state index in [4.69, 9.17) is 0 Å². The fourth-order valence-electron chi connectivity index (χ4n) is 2.84. The summed E-state index contributed by atoms with van der Waals surface area (Å²) in [6, 6.07) is 15.1. The molecule has 1 N–H and O–H groups in total. The number of carbonyl (C=O) groups excluding carboxylic acids is 2. The molecule has 0 heterocycles. The lowest BCUT2D eigenvalue weighted by molar-refractivity contribution is -0.115. The van der Waals surface area contributed by atoms with Gasteiger partial charge in [0.1, 0.15) is 0 Å². The van der Waals surface area contributed by atoms with Gasteiger partial charge in [0.2, 0.25) is 5.91 Å². The summed E-state index contributed by atoms with van der Waals surface area (Å²) in [6.45, 7) is 5.21. The predicted octanol–water partition coefficient (Wildman–Crippen LogP) is 3.42. The van der Waals surface area contributed by atoms with Gasteiger partial charge in [-0.3, -0.25) is 9.59 Å². The largest absolute Gasteiger partial charge is 0.377 e. The van der Waals surface area contributed by atoms with Crippen molar-refractivity contribution in [2.75, 3.05) is 37.4 Å². The first-order valence-electron chi connectivity index (χ1n) is 8.90. The first-order valence-corrected chi connectivity index (χ1v) is 8.90. The molecular weight excluding hydrogens is 326 g/mol. The van der Waals surface area contributed by atoms with Crippen LogP contribution in [0.1, 0.15) is 29.8 Å². The van der Waals surface area contributed by atoms with Crippen LogP contribution >= 0.6 is 0 Å². The average Bonchev–Trinajstić information content (AvgIpc) is 2.63. The Kier molecular flexibility index (Phi) is 6.78. The molecule has 0 atom stereocenters. The van der Waals surface area contributed by atoms with E-state index >= 15 is 0 Å². The molecule has 0 radical (unpaired) electrons. The molecule has 0 aliphatic rings. The third-order valence-corrected chi connectivity index (χ3v) is 4.25. The molecule has 5 nitrogen and oxygen atoms in total. The molecule has 26 heavy (non-hydrogen) atoms. The summed E-state index contributed by atoms with van der Waals surface area (Å²) in [5, 5.41) is 2.90. The van der Waals surface area contributed by atoms with E-state index in [-0.39, 0.29) is 11.8 Å². The zero-order valence-corrected chi connectivity index (χ0v) is 16.0. The van der Waals surface area contributed by atoms with E-state index in [0.717, 1.165) is 11.3 Å². The van der Waals surface area contributed by atoms with E-state index in [2.05, 4.69) is 5.32 Å². The normalized spacial score (nSPS) is 10.3.